The molecule has 0 saturated carbocycles. The van der Waals surface area contributed by atoms with E-state index in [1.54, 1.807) is 6.08 Å². The van der Waals surface area contributed by atoms with Gasteiger partial charge in [0, 0.05) is 6.42 Å². The van der Waals surface area contributed by atoms with Crippen molar-refractivity contribution in [2.45, 2.75) is 180 Å². The molecule has 0 aliphatic carbocycles. The van der Waals surface area contributed by atoms with Crippen molar-refractivity contribution in [2.24, 2.45) is 0 Å². The van der Waals surface area contributed by atoms with Gasteiger partial charge < -0.3 is 28.8 Å². The molecule has 3 unspecified atom stereocenters. The van der Waals surface area contributed by atoms with Gasteiger partial charge in [-0.1, -0.05) is 164 Å². The van der Waals surface area contributed by atoms with Crippen LogP contribution >= 0.6 is 7.82 Å². The third-order valence-electron chi connectivity index (χ3n) is 9.40. The summed E-state index contributed by atoms with van der Waals surface area (Å²) in [6.07, 6.45) is 50.9. The van der Waals surface area contributed by atoms with E-state index in [0.29, 0.717) is 17.4 Å². The number of allylic oxidation sites excluding steroid dienone is 11. The molecule has 0 aliphatic rings. The Morgan fingerprint density at radius 3 is 1.66 bits per heavy atom. The van der Waals surface area contributed by atoms with Crippen LogP contribution in [0, 0.1) is 0 Å². The fraction of sp³-hybridized carbons (Fsp3) is 0.723. The fourth-order valence-electron chi connectivity index (χ4n) is 5.86. The van der Waals surface area contributed by atoms with Crippen LogP contribution in [0.15, 0.2) is 72.9 Å². The van der Waals surface area contributed by atoms with Gasteiger partial charge in [-0.2, -0.15) is 0 Å². The van der Waals surface area contributed by atoms with Gasteiger partial charge in [0.25, 0.3) is 7.82 Å². The minimum atomic E-state index is -4.60. The predicted molar refractivity (Wildman–Crippen MR) is 237 cm³/mol. The summed E-state index contributed by atoms with van der Waals surface area (Å²) in [5.74, 6) is -0.220. The molecule has 0 rings (SSSR count). The lowest BCUT2D eigenvalue weighted by Gasteiger charge is -2.29. The second-order valence-electron chi connectivity index (χ2n) is 16.0. The van der Waals surface area contributed by atoms with E-state index in [4.69, 9.17) is 9.05 Å². The van der Waals surface area contributed by atoms with Crippen LogP contribution in [-0.2, 0) is 18.4 Å². The van der Waals surface area contributed by atoms with Crippen molar-refractivity contribution in [3.63, 3.8) is 0 Å². The van der Waals surface area contributed by atoms with Crippen molar-refractivity contribution < 1.29 is 32.9 Å². The number of aliphatic hydroxyl groups is 1. The van der Waals surface area contributed by atoms with Crippen molar-refractivity contribution in [3.8, 4) is 0 Å². The first-order valence-corrected chi connectivity index (χ1v) is 23.8. The van der Waals surface area contributed by atoms with Crippen molar-refractivity contribution in [1.82, 2.24) is 5.32 Å². The average molecular weight is 805 g/mol. The van der Waals surface area contributed by atoms with Crippen LogP contribution in [0.25, 0.3) is 0 Å². The number of rotatable bonds is 39. The van der Waals surface area contributed by atoms with Gasteiger partial charge in [-0.25, -0.2) is 0 Å². The summed E-state index contributed by atoms with van der Waals surface area (Å²) < 4.78 is 23.2. The van der Waals surface area contributed by atoms with Gasteiger partial charge in [-0.3, -0.25) is 9.36 Å². The predicted octanol–water partition coefficient (Wildman–Crippen LogP) is 11.8. The summed E-state index contributed by atoms with van der Waals surface area (Å²) in [5.41, 5.74) is 0. The highest BCUT2D eigenvalue weighted by atomic mass is 31.2. The maximum atomic E-state index is 12.8. The van der Waals surface area contributed by atoms with Crippen LogP contribution in [0.3, 0.4) is 0 Å². The van der Waals surface area contributed by atoms with Gasteiger partial charge in [-0.05, 0) is 70.6 Å². The monoisotopic (exact) mass is 805 g/mol. The van der Waals surface area contributed by atoms with Crippen molar-refractivity contribution in [1.29, 1.82) is 0 Å². The number of carbonyl (C=O) groups is 1. The molecule has 0 aromatic rings. The average Bonchev–Trinajstić information content (AvgIpc) is 3.15. The second-order valence-corrected chi connectivity index (χ2v) is 17.4. The molecule has 0 radical (unpaired) electrons. The summed E-state index contributed by atoms with van der Waals surface area (Å²) in [7, 11) is 1.22. The SMILES string of the molecule is CC/C=C\C/C=C\C/C=C\C/C=C\CCCCCCCCCCC(=O)NC(COP(=O)([O-])OCC[N+](C)(C)C)C(O)/C=C/CC/C=C/CCCCCCCCC. The molecular formula is C47H85N2O6P. The molecule has 0 saturated heterocycles. The fourth-order valence-corrected chi connectivity index (χ4v) is 6.59. The highest BCUT2D eigenvalue weighted by molar-refractivity contribution is 7.45. The first kappa shape index (κ1) is 53.9. The van der Waals surface area contributed by atoms with Gasteiger partial charge >= 0.3 is 0 Å². The normalized spacial score (nSPS) is 15.1. The Kier molecular flexibility index (Phi) is 37.0. The summed E-state index contributed by atoms with van der Waals surface area (Å²) >= 11 is 0. The van der Waals surface area contributed by atoms with E-state index < -0.39 is 26.6 Å². The number of hydrogen-bond donors (Lipinski definition) is 2. The third-order valence-corrected chi connectivity index (χ3v) is 10.4. The van der Waals surface area contributed by atoms with Gasteiger partial charge in [0.05, 0.1) is 39.9 Å². The molecule has 56 heavy (non-hydrogen) atoms. The number of hydrogen-bond acceptors (Lipinski definition) is 6. The van der Waals surface area contributed by atoms with E-state index >= 15 is 0 Å². The Morgan fingerprint density at radius 1 is 0.643 bits per heavy atom. The molecule has 0 aromatic heterocycles. The number of nitrogens with zero attached hydrogens (tertiary/aromatic N) is 1. The van der Waals surface area contributed by atoms with Gasteiger partial charge in [-0.15, -0.1) is 0 Å². The lowest BCUT2D eigenvalue weighted by atomic mass is 10.1. The van der Waals surface area contributed by atoms with E-state index in [1.807, 2.05) is 27.2 Å². The van der Waals surface area contributed by atoms with Crippen LogP contribution in [-0.4, -0.2) is 68.5 Å². The van der Waals surface area contributed by atoms with E-state index in [1.165, 1.54) is 70.6 Å². The zero-order chi connectivity index (χ0) is 41.4. The molecule has 2 N–H and O–H groups in total. The molecule has 1 amide bonds. The Hall–Kier alpha value is -2.06. The number of likely N-dealkylation sites (N-methyl/N-ethyl adjacent to an activating group) is 1. The van der Waals surface area contributed by atoms with E-state index in [9.17, 15) is 19.4 Å². The number of amides is 1. The maximum absolute atomic E-state index is 12.8. The minimum Gasteiger partial charge on any atom is -0.756 e. The van der Waals surface area contributed by atoms with Crippen LogP contribution < -0.4 is 10.2 Å². The summed E-state index contributed by atoms with van der Waals surface area (Å²) in [6.45, 7) is 4.47. The van der Waals surface area contributed by atoms with E-state index in [-0.39, 0.29) is 12.5 Å². The largest absolute Gasteiger partial charge is 0.756 e. The van der Waals surface area contributed by atoms with Gasteiger partial charge in [0.2, 0.25) is 5.91 Å². The second kappa shape index (κ2) is 38.5. The van der Waals surface area contributed by atoms with E-state index in [2.05, 4.69) is 79.9 Å². The Bertz CT molecular complexity index is 1140. The lowest BCUT2D eigenvalue weighted by Crippen LogP contribution is -2.45. The summed E-state index contributed by atoms with van der Waals surface area (Å²) in [6, 6.07) is -0.910. The Labute approximate surface area is 344 Å². The molecule has 324 valence electrons. The number of nitrogens with one attached hydrogen (secondary N) is 1. The van der Waals surface area contributed by atoms with Crippen LogP contribution in [0.1, 0.15) is 168 Å². The quantitative estimate of drug-likeness (QED) is 0.0277. The van der Waals surface area contributed by atoms with Crippen molar-refractivity contribution in [2.75, 3.05) is 40.9 Å². The van der Waals surface area contributed by atoms with Crippen molar-refractivity contribution >= 4 is 13.7 Å². The number of quaternary nitrogens is 1. The van der Waals surface area contributed by atoms with Crippen molar-refractivity contribution in [3.05, 3.63) is 72.9 Å². The molecular weight excluding hydrogens is 719 g/mol. The third kappa shape index (κ3) is 40.1. The summed E-state index contributed by atoms with van der Waals surface area (Å²) in [5, 5.41) is 13.7. The Balaban J connectivity index is 4.43. The van der Waals surface area contributed by atoms with Crippen LogP contribution in [0.2, 0.25) is 0 Å². The van der Waals surface area contributed by atoms with Crippen LogP contribution in [0.4, 0.5) is 0 Å². The first-order chi connectivity index (χ1) is 27.0. The zero-order valence-electron chi connectivity index (χ0n) is 36.6. The molecule has 0 fully saturated rings. The van der Waals surface area contributed by atoms with Gasteiger partial charge in [0.15, 0.2) is 0 Å². The number of unbranched alkanes of at least 4 members (excludes halogenated alkanes) is 16. The first-order valence-electron chi connectivity index (χ1n) is 22.3. The summed E-state index contributed by atoms with van der Waals surface area (Å²) in [4.78, 5) is 25.3. The molecule has 8 nitrogen and oxygen atoms in total. The van der Waals surface area contributed by atoms with Crippen LogP contribution in [0.5, 0.6) is 0 Å². The van der Waals surface area contributed by atoms with Gasteiger partial charge in [0.1, 0.15) is 13.2 Å². The van der Waals surface area contributed by atoms with E-state index in [0.717, 1.165) is 77.0 Å². The highest BCUT2D eigenvalue weighted by Crippen LogP contribution is 2.38. The number of phosphoric ester groups is 1. The smallest absolute Gasteiger partial charge is 0.268 e. The number of phosphoric acid groups is 1. The zero-order valence-corrected chi connectivity index (χ0v) is 37.5. The highest BCUT2D eigenvalue weighted by Gasteiger charge is 2.23. The minimum absolute atomic E-state index is 0.0116. The molecule has 0 bridgehead atoms. The molecule has 3 atom stereocenters. The maximum Gasteiger partial charge on any atom is 0.268 e. The number of aliphatic hydroxyl groups excluding tert-OH is 1. The number of carbonyl (C=O) groups excluding carboxylic acids is 1. The Morgan fingerprint density at radius 2 is 1.11 bits per heavy atom. The topological polar surface area (TPSA) is 108 Å². The lowest BCUT2D eigenvalue weighted by molar-refractivity contribution is -0.870. The molecule has 9 heteroatoms. The molecule has 0 heterocycles. The molecule has 0 spiro atoms. The molecule has 0 aromatic carbocycles. The molecule has 0 aliphatic heterocycles. The standard InChI is InChI=1S/C47H85N2O6P/c1-6-8-10-12-14-16-18-20-21-22-23-24-25-26-27-29-31-33-35-37-39-41-47(51)48-45(44-55-56(52,53)54-43-42-49(3,4)5)46(50)40-38-36-34-32-30-28-19-17-15-13-11-9-7-2/h8,10,14,16,20-21,23-24,30,32,38,40,45-46,50H,6-7,9,11-13,15,17-19,22,25-29,31,33-37,39,41-44H2,1-5H3,(H-,48,51,52,53)/b10-8-,16-14-,21-20-,24-23-,32-30+,40-38+.